The fourth-order valence-electron chi connectivity index (χ4n) is 3.14. The first-order chi connectivity index (χ1) is 9.29. The Hall–Kier alpha value is -1.55. The van der Waals surface area contributed by atoms with E-state index in [4.69, 9.17) is 9.47 Å². The Bertz CT molecular complexity index is 474. The van der Waals surface area contributed by atoms with Gasteiger partial charge in [0.15, 0.2) is 0 Å². The third-order valence-electron chi connectivity index (χ3n) is 4.15. The van der Waals surface area contributed by atoms with Crippen molar-refractivity contribution in [3.05, 3.63) is 29.8 Å². The molecule has 0 aromatic heterocycles. The third-order valence-corrected chi connectivity index (χ3v) is 4.15. The first-order valence-electron chi connectivity index (χ1n) is 6.83. The van der Waals surface area contributed by atoms with E-state index >= 15 is 0 Å². The van der Waals surface area contributed by atoms with E-state index in [0.29, 0.717) is 12.5 Å². The summed E-state index contributed by atoms with van der Waals surface area (Å²) in [6.07, 6.45) is 1.90. The van der Waals surface area contributed by atoms with Crippen molar-refractivity contribution in [1.29, 1.82) is 0 Å². The number of ether oxygens (including phenoxy) is 2. The van der Waals surface area contributed by atoms with E-state index in [1.807, 2.05) is 18.2 Å². The molecule has 2 saturated heterocycles. The van der Waals surface area contributed by atoms with Crippen LogP contribution in [0.2, 0.25) is 0 Å². The molecule has 2 atom stereocenters. The number of benzene rings is 1. The van der Waals surface area contributed by atoms with Crippen molar-refractivity contribution in [3.8, 4) is 5.75 Å². The van der Waals surface area contributed by atoms with Crippen LogP contribution in [0.3, 0.4) is 0 Å². The molecular weight excluding hydrogens is 242 g/mol. The number of nitrogens with zero attached hydrogens (tertiary/aromatic N) is 1. The summed E-state index contributed by atoms with van der Waals surface area (Å²) in [5.74, 6) is 1.34. The van der Waals surface area contributed by atoms with Crippen LogP contribution in [0.4, 0.5) is 0 Å². The van der Waals surface area contributed by atoms with Crippen molar-refractivity contribution in [1.82, 2.24) is 4.90 Å². The smallest absolute Gasteiger partial charge is 0.323 e. The lowest BCUT2D eigenvalue weighted by Gasteiger charge is -2.20. The van der Waals surface area contributed by atoms with Gasteiger partial charge in [-0.15, -0.1) is 0 Å². The molecule has 1 aromatic rings. The lowest BCUT2D eigenvalue weighted by atomic mass is 9.97. The van der Waals surface area contributed by atoms with Gasteiger partial charge in [-0.25, -0.2) is 0 Å². The summed E-state index contributed by atoms with van der Waals surface area (Å²) in [5, 5.41) is 0. The van der Waals surface area contributed by atoms with Gasteiger partial charge in [0.05, 0.1) is 13.7 Å². The van der Waals surface area contributed by atoms with Crippen LogP contribution < -0.4 is 4.74 Å². The summed E-state index contributed by atoms with van der Waals surface area (Å²) in [5.41, 5.74) is 1.25. The van der Waals surface area contributed by atoms with Gasteiger partial charge in [-0.1, -0.05) is 18.2 Å². The van der Waals surface area contributed by atoms with Crippen molar-refractivity contribution in [2.24, 2.45) is 0 Å². The lowest BCUT2D eigenvalue weighted by molar-refractivity contribution is -0.142. The van der Waals surface area contributed by atoms with Gasteiger partial charge in [0.1, 0.15) is 11.8 Å². The SMILES string of the molecule is COc1ccccc1[C@@H]1CCN([C@H]2CCOC2=O)C1. The molecule has 2 heterocycles. The Labute approximate surface area is 113 Å². The number of carbonyl (C=O) groups excluding carboxylic acids is 1. The van der Waals surface area contributed by atoms with Crippen LogP contribution in [0.15, 0.2) is 24.3 Å². The number of likely N-dealkylation sites (tertiary alicyclic amines) is 1. The normalized spacial score (nSPS) is 27.5. The Morgan fingerprint density at radius 3 is 2.89 bits per heavy atom. The number of carbonyl (C=O) groups is 1. The van der Waals surface area contributed by atoms with Gasteiger partial charge in [0.25, 0.3) is 0 Å². The minimum atomic E-state index is -0.0549. The average molecular weight is 261 g/mol. The second kappa shape index (κ2) is 5.21. The van der Waals surface area contributed by atoms with Crippen LogP contribution in [-0.2, 0) is 9.53 Å². The molecule has 0 radical (unpaired) electrons. The van der Waals surface area contributed by atoms with Crippen LogP contribution in [0, 0.1) is 0 Å². The Morgan fingerprint density at radius 1 is 1.32 bits per heavy atom. The molecule has 19 heavy (non-hydrogen) atoms. The van der Waals surface area contributed by atoms with Gasteiger partial charge in [0, 0.05) is 18.9 Å². The van der Waals surface area contributed by atoms with E-state index in [0.717, 1.165) is 31.7 Å². The number of esters is 1. The zero-order chi connectivity index (χ0) is 13.2. The van der Waals surface area contributed by atoms with Crippen molar-refractivity contribution in [3.63, 3.8) is 0 Å². The summed E-state index contributed by atoms with van der Waals surface area (Å²) in [7, 11) is 1.71. The summed E-state index contributed by atoms with van der Waals surface area (Å²) in [6.45, 7) is 2.45. The third kappa shape index (κ3) is 2.32. The molecular formula is C15H19NO3. The highest BCUT2D eigenvalue weighted by atomic mass is 16.5. The summed E-state index contributed by atoms with van der Waals surface area (Å²) >= 11 is 0. The topological polar surface area (TPSA) is 38.8 Å². The van der Waals surface area contributed by atoms with E-state index in [2.05, 4.69) is 11.0 Å². The number of rotatable bonds is 3. The molecule has 0 saturated carbocycles. The summed E-state index contributed by atoms with van der Waals surface area (Å²) in [6, 6.07) is 8.13. The van der Waals surface area contributed by atoms with E-state index in [1.165, 1.54) is 5.56 Å². The maximum absolute atomic E-state index is 11.6. The molecule has 1 aromatic carbocycles. The minimum absolute atomic E-state index is 0.0280. The fourth-order valence-corrected chi connectivity index (χ4v) is 3.14. The Morgan fingerprint density at radius 2 is 2.16 bits per heavy atom. The van der Waals surface area contributed by atoms with Gasteiger partial charge in [-0.2, -0.15) is 0 Å². The molecule has 4 nitrogen and oxygen atoms in total. The summed E-state index contributed by atoms with van der Waals surface area (Å²) in [4.78, 5) is 13.9. The quantitative estimate of drug-likeness (QED) is 0.778. The molecule has 0 bridgehead atoms. The molecule has 2 fully saturated rings. The zero-order valence-electron chi connectivity index (χ0n) is 11.2. The Balaban J connectivity index is 1.73. The van der Waals surface area contributed by atoms with Gasteiger partial charge in [-0.05, 0) is 24.6 Å². The fraction of sp³-hybridized carbons (Fsp3) is 0.533. The number of para-hydroxylation sites is 1. The van der Waals surface area contributed by atoms with Gasteiger partial charge >= 0.3 is 5.97 Å². The molecule has 0 unspecified atom stereocenters. The van der Waals surface area contributed by atoms with Crippen molar-refractivity contribution in [2.45, 2.75) is 24.8 Å². The number of hydrogen-bond acceptors (Lipinski definition) is 4. The van der Waals surface area contributed by atoms with Crippen LogP contribution in [0.5, 0.6) is 5.75 Å². The molecule has 0 aliphatic carbocycles. The predicted molar refractivity (Wildman–Crippen MR) is 71.3 cm³/mol. The number of hydrogen-bond donors (Lipinski definition) is 0. The van der Waals surface area contributed by atoms with Crippen LogP contribution in [0.1, 0.15) is 24.3 Å². The van der Waals surface area contributed by atoms with E-state index in [1.54, 1.807) is 7.11 Å². The maximum atomic E-state index is 11.6. The van der Waals surface area contributed by atoms with E-state index < -0.39 is 0 Å². The predicted octanol–water partition coefficient (Wildman–Crippen LogP) is 1.80. The highest BCUT2D eigenvalue weighted by Crippen LogP contribution is 2.35. The van der Waals surface area contributed by atoms with Crippen LogP contribution in [-0.4, -0.2) is 43.7 Å². The van der Waals surface area contributed by atoms with Crippen molar-refractivity contribution < 1.29 is 14.3 Å². The lowest BCUT2D eigenvalue weighted by Crippen LogP contribution is -2.36. The number of cyclic esters (lactones) is 1. The largest absolute Gasteiger partial charge is 0.496 e. The van der Waals surface area contributed by atoms with Crippen molar-refractivity contribution >= 4 is 5.97 Å². The van der Waals surface area contributed by atoms with Crippen LogP contribution >= 0.6 is 0 Å². The molecule has 2 aliphatic rings. The number of methoxy groups -OCH3 is 1. The van der Waals surface area contributed by atoms with E-state index in [9.17, 15) is 4.79 Å². The second-order valence-electron chi connectivity index (χ2n) is 5.19. The molecule has 0 spiro atoms. The minimum Gasteiger partial charge on any atom is -0.496 e. The molecule has 0 amide bonds. The monoisotopic (exact) mass is 261 g/mol. The molecule has 3 rings (SSSR count). The second-order valence-corrected chi connectivity index (χ2v) is 5.19. The molecule has 4 heteroatoms. The van der Waals surface area contributed by atoms with Gasteiger partial charge < -0.3 is 9.47 Å². The van der Waals surface area contributed by atoms with Gasteiger partial charge in [0.2, 0.25) is 0 Å². The first kappa shape index (κ1) is 12.5. The highest BCUT2D eigenvalue weighted by molar-refractivity contribution is 5.77. The van der Waals surface area contributed by atoms with Crippen molar-refractivity contribution in [2.75, 3.05) is 26.8 Å². The average Bonchev–Trinajstić information content (AvgIpc) is 3.07. The zero-order valence-corrected chi connectivity index (χ0v) is 11.2. The standard InChI is InChI=1S/C15H19NO3/c1-18-14-5-3-2-4-12(14)11-6-8-16(10-11)13-7-9-19-15(13)17/h2-5,11,13H,6-10H2,1H3/t11-,13+/m1/s1. The molecule has 2 aliphatic heterocycles. The van der Waals surface area contributed by atoms with Gasteiger partial charge in [-0.3, -0.25) is 9.69 Å². The maximum Gasteiger partial charge on any atom is 0.323 e. The Kier molecular flexibility index (Phi) is 3.42. The first-order valence-corrected chi connectivity index (χ1v) is 6.83. The molecule has 0 N–H and O–H groups in total. The summed E-state index contributed by atoms with van der Waals surface area (Å²) < 4.78 is 10.5. The van der Waals surface area contributed by atoms with E-state index in [-0.39, 0.29) is 12.0 Å². The highest BCUT2D eigenvalue weighted by Gasteiger charge is 2.37. The molecule has 102 valence electrons. The van der Waals surface area contributed by atoms with Crippen LogP contribution in [0.25, 0.3) is 0 Å².